The Morgan fingerprint density at radius 2 is 2.16 bits per heavy atom. The van der Waals surface area contributed by atoms with E-state index in [4.69, 9.17) is 5.73 Å². The van der Waals surface area contributed by atoms with Gasteiger partial charge in [-0.3, -0.25) is 4.79 Å². The molecular formula is C12H20N4O2S. The van der Waals surface area contributed by atoms with Crippen LogP contribution in [-0.2, 0) is 0 Å². The standard InChI is InChI=1S/C12H20N4O2S/c1-11(2,3)16-10-14-8(13)7(19-10)9(18)15-12(6-17)4-5-12/h17H,4-6,13H2,1-3H3,(H,14,16)(H,15,18). The molecule has 6 nitrogen and oxygen atoms in total. The molecule has 0 bridgehead atoms. The molecular weight excluding hydrogens is 264 g/mol. The van der Waals surface area contributed by atoms with Gasteiger partial charge >= 0.3 is 0 Å². The maximum Gasteiger partial charge on any atom is 0.265 e. The largest absolute Gasteiger partial charge is 0.394 e. The van der Waals surface area contributed by atoms with E-state index in [1.54, 1.807) is 0 Å². The highest BCUT2D eigenvalue weighted by molar-refractivity contribution is 7.18. The van der Waals surface area contributed by atoms with Crippen LogP contribution in [0.2, 0.25) is 0 Å². The summed E-state index contributed by atoms with van der Waals surface area (Å²) in [6.45, 7) is 5.99. The van der Waals surface area contributed by atoms with Crippen molar-refractivity contribution in [3.05, 3.63) is 4.88 Å². The Balaban J connectivity index is 2.10. The number of nitrogens with one attached hydrogen (secondary N) is 2. The lowest BCUT2D eigenvalue weighted by atomic mass is 10.1. The summed E-state index contributed by atoms with van der Waals surface area (Å²) in [4.78, 5) is 16.6. The number of rotatable bonds is 4. The van der Waals surface area contributed by atoms with Crippen molar-refractivity contribution in [2.45, 2.75) is 44.7 Å². The highest BCUT2D eigenvalue weighted by Gasteiger charge is 2.44. The molecule has 1 fully saturated rings. The first-order valence-electron chi connectivity index (χ1n) is 6.23. The summed E-state index contributed by atoms with van der Waals surface area (Å²) in [7, 11) is 0. The maximum absolute atomic E-state index is 12.1. The van der Waals surface area contributed by atoms with Crippen LogP contribution >= 0.6 is 11.3 Å². The monoisotopic (exact) mass is 284 g/mol. The normalized spacial score (nSPS) is 17.1. The molecule has 0 saturated heterocycles. The number of thiazole rings is 1. The van der Waals surface area contributed by atoms with Crippen LogP contribution in [0.4, 0.5) is 10.9 Å². The van der Waals surface area contributed by atoms with E-state index in [9.17, 15) is 9.90 Å². The lowest BCUT2D eigenvalue weighted by molar-refractivity contribution is 0.0911. The third-order valence-electron chi connectivity index (χ3n) is 2.88. The van der Waals surface area contributed by atoms with Crippen molar-refractivity contribution in [3.8, 4) is 0 Å². The van der Waals surface area contributed by atoms with E-state index in [1.807, 2.05) is 20.8 Å². The zero-order chi connectivity index (χ0) is 14.3. The summed E-state index contributed by atoms with van der Waals surface area (Å²) in [6, 6.07) is 0. The number of hydrogen-bond acceptors (Lipinski definition) is 6. The van der Waals surface area contributed by atoms with Gasteiger partial charge in [0.25, 0.3) is 5.91 Å². The minimum absolute atomic E-state index is 0.0372. The van der Waals surface area contributed by atoms with Gasteiger partial charge in [-0.1, -0.05) is 11.3 Å². The van der Waals surface area contributed by atoms with E-state index in [2.05, 4.69) is 15.6 Å². The van der Waals surface area contributed by atoms with Gasteiger partial charge in [-0.15, -0.1) is 0 Å². The first-order chi connectivity index (χ1) is 8.75. The predicted molar refractivity (Wildman–Crippen MR) is 76.4 cm³/mol. The van der Waals surface area contributed by atoms with Crippen molar-refractivity contribution >= 4 is 28.2 Å². The van der Waals surface area contributed by atoms with Crippen molar-refractivity contribution in [3.63, 3.8) is 0 Å². The van der Waals surface area contributed by atoms with Crippen LogP contribution < -0.4 is 16.4 Å². The molecule has 1 saturated carbocycles. The number of hydrogen-bond donors (Lipinski definition) is 4. The van der Waals surface area contributed by atoms with E-state index in [1.165, 1.54) is 11.3 Å². The molecule has 0 aromatic carbocycles. The number of anilines is 2. The molecule has 19 heavy (non-hydrogen) atoms. The molecule has 1 aromatic heterocycles. The van der Waals surface area contributed by atoms with Crippen LogP contribution in [0.25, 0.3) is 0 Å². The molecule has 1 aromatic rings. The van der Waals surface area contributed by atoms with E-state index in [0.29, 0.717) is 10.0 Å². The minimum Gasteiger partial charge on any atom is -0.394 e. The number of nitrogens with zero attached hydrogens (tertiary/aromatic N) is 1. The van der Waals surface area contributed by atoms with Crippen LogP contribution in [0.5, 0.6) is 0 Å². The van der Waals surface area contributed by atoms with E-state index < -0.39 is 5.54 Å². The van der Waals surface area contributed by atoms with Gasteiger partial charge in [0.15, 0.2) is 5.13 Å². The van der Waals surface area contributed by atoms with Gasteiger partial charge < -0.3 is 21.5 Å². The van der Waals surface area contributed by atoms with Gasteiger partial charge in [0.2, 0.25) is 0 Å². The number of amides is 1. The third-order valence-corrected chi connectivity index (χ3v) is 3.86. The molecule has 0 spiro atoms. The van der Waals surface area contributed by atoms with Crippen LogP contribution in [-0.4, -0.2) is 33.7 Å². The molecule has 0 atom stereocenters. The van der Waals surface area contributed by atoms with Gasteiger partial charge in [-0.25, -0.2) is 4.98 Å². The summed E-state index contributed by atoms with van der Waals surface area (Å²) in [5.41, 5.74) is 5.20. The Hall–Kier alpha value is -1.34. The van der Waals surface area contributed by atoms with Crippen molar-refractivity contribution < 1.29 is 9.90 Å². The van der Waals surface area contributed by atoms with Gasteiger partial charge in [0.1, 0.15) is 10.7 Å². The summed E-state index contributed by atoms with van der Waals surface area (Å²) in [5, 5.41) is 15.8. The lowest BCUT2D eigenvalue weighted by Gasteiger charge is -2.19. The number of nitrogens with two attached hydrogens (primary N) is 1. The molecule has 0 unspecified atom stereocenters. The fourth-order valence-corrected chi connectivity index (χ4v) is 2.63. The highest BCUT2D eigenvalue weighted by atomic mass is 32.1. The molecule has 1 aliphatic carbocycles. The van der Waals surface area contributed by atoms with Crippen LogP contribution in [0, 0.1) is 0 Å². The summed E-state index contributed by atoms with van der Waals surface area (Å²) in [5.74, 6) is -0.0356. The van der Waals surface area contributed by atoms with Crippen molar-refractivity contribution in [1.82, 2.24) is 10.3 Å². The quantitative estimate of drug-likeness (QED) is 0.665. The van der Waals surface area contributed by atoms with Crippen molar-refractivity contribution in [2.75, 3.05) is 17.7 Å². The number of aromatic nitrogens is 1. The summed E-state index contributed by atoms with van der Waals surface area (Å²) >= 11 is 1.23. The molecule has 0 aliphatic heterocycles. The SMILES string of the molecule is CC(C)(C)Nc1nc(N)c(C(=O)NC2(CO)CC2)s1. The number of nitrogen functional groups attached to an aromatic ring is 1. The Morgan fingerprint density at radius 3 is 2.63 bits per heavy atom. The molecule has 0 radical (unpaired) electrons. The Kier molecular flexibility index (Phi) is 3.44. The van der Waals surface area contributed by atoms with Crippen molar-refractivity contribution in [1.29, 1.82) is 0 Å². The first kappa shape index (κ1) is 14.1. The Morgan fingerprint density at radius 1 is 1.53 bits per heavy atom. The highest BCUT2D eigenvalue weighted by Crippen LogP contribution is 2.36. The van der Waals surface area contributed by atoms with E-state index in [-0.39, 0.29) is 23.9 Å². The second-order valence-electron chi connectivity index (χ2n) is 6.00. The predicted octanol–water partition coefficient (Wildman–Crippen LogP) is 1.19. The fraction of sp³-hybridized carbons (Fsp3) is 0.667. The lowest BCUT2D eigenvalue weighted by Crippen LogP contribution is -2.39. The second-order valence-corrected chi connectivity index (χ2v) is 7.00. The molecule has 1 aliphatic rings. The van der Waals surface area contributed by atoms with Crippen molar-refractivity contribution in [2.24, 2.45) is 0 Å². The average molecular weight is 284 g/mol. The van der Waals surface area contributed by atoms with Crippen LogP contribution in [0.3, 0.4) is 0 Å². The molecule has 106 valence electrons. The number of carbonyl (C=O) groups is 1. The molecule has 1 amide bonds. The Labute approximate surface area is 116 Å². The van der Waals surface area contributed by atoms with Crippen LogP contribution in [0.15, 0.2) is 0 Å². The summed E-state index contributed by atoms with van der Waals surface area (Å²) in [6.07, 6.45) is 1.61. The Bertz CT molecular complexity index is 488. The number of carbonyl (C=O) groups excluding carboxylic acids is 1. The maximum atomic E-state index is 12.1. The average Bonchev–Trinajstić information content (AvgIpc) is 2.95. The third kappa shape index (κ3) is 3.36. The molecule has 1 heterocycles. The van der Waals surface area contributed by atoms with Gasteiger partial charge in [0.05, 0.1) is 12.1 Å². The topological polar surface area (TPSA) is 100 Å². The van der Waals surface area contributed by atoms with E-state index >= 15 is 0 Å². The zero-order valence-corrected chi connectivity index (χ0v) is 12.2. The first-order valence-corrected chi connectivity index (χ1v) is 7.04. The molecule has 5 N–H and O–H groups in total. The van der Waals surface area contributed by atoms with Gasteiger partial charge in [0, 0.05) is 5.54 Å². The number of aliphatic hydroxyl groups is 1. The van der Waals surface area contributed by atoms with Gasteiger partial charge in [-0.05, 0) is 33.6 Å². The fourth-order valence-electron chi connectivity index (χ4n) is 1.64. The van der Waals surface area contributed by atoms with E-state index in [0.717, 1.165) is 12.8 Å². The molecule has 2 rings (SSSR count). The van der Waals surface area contributed by atoms with Crippen LogP contribution in [0.1, 0.15) is 43.3 Å². The number of aliphatic hydroxyl groups excluding tert-OH is 1. The molecule has 7 heteroatoms. The zero-order valence-electron chi connectivity index (χ0n) is 11.4. The minimum atomic E-state index is -0.439. The van der Waals surface area contributed by atoms with Gasteiger partial charge in [-0.2, -0.15) is 0 Å². The summed E-state index contributed by atoms with van der Waals surface area (Å²) < 4.78 is 0. The smallest absolute Gasteiger partial charge is 0.265 e. The second kappa shape index (κ2) is 4.64.